The molecule has 0 unspecified atom stereocenters. The van der Waals surface area contributed by atoms with Gasteiger partial charge in [0.05, 0.1) is 12.1 Å². The Morgan fingerprint density at radius 1 is 1.53 bits per heavy atom. The summed E-state index contributed by atoms with van der Waals surface area (Å²) in [6, 6.07) is 0. The molecule has 4 nitrogen and oxygen atoms in total. The molecule has 0 saturated heterocycles. The third-order valence-corrected chi connectivity index (χ3v) is 3.47. The SMILES string of the molecule is O=C(O)Cc1[nH]c(C2CCCC2)nc1Br. The minimum atomic E-state index is -0.836. The number of nitrogens with zero attached hydrogens (tertiary/aromatic N) is 1. The number of aliphatic carboxylic acids is 1. The molecule has 82 valence electrons. The molecule has 0 amide bonds. The fraction of sp³-hybridized carbons (Fsp3) is 0.600. The lowest BCUT2D eigenvalue weighted by atomic mass is 10.1. The van der Waals surface area contributed by atoms with Crippen LogP contribution in [-0.2, 0) is 11.2 Å². The molecule has 0 bridgehead atoms. The van der Waals surface area contributed by atoms with E-state index in [2.05, 4.69) is 25.9 Å². The average molecular weight is 273 g/mol. The molecule has 1 saturated carbocycles. The van der Waals surface area contributed by atoms with Gasteiger partial charge in [-0.3, -0.25) is 4.79 Å². The number of carboxylic acid groups (broad SMARTS) is 1. The van der Waals surface area contributed by atoms with Gasteiger partial charge in [-0.1, -0.05) is 12.8 Å². The van der Waals surface area contributed by atoms with E-state index in [4.69, 9.17) is 5.11 Å². The molecule has 2 N–H and O–H groups in total. The van der Waals surface area contributed by atoms with Crippen LogP contribution in [-0.4, -0.2) is 21.0 Å². The standard InChI is InChI=1S/C10H13BrN2O2/c11-9-7(5-8(14)15)12-10(13-9)6-3-1-2-4-6/h6H,1-5H2,(H,12,13)(H,14,15). The van der Waals surface area contributed by atoms with Gasteiger partial charge in [0, 0.05) is 5.92 Å². The van der Waals surface area contributed by atoms with Crippen LogP contribution in [0.3, 0.4) is 0 Å². The first kappa shape index (κ1) is 10.7. The molecule has 1 heterocycles. The molecule has 1 aromatic heterocycles. The number of hydrogen-bond donors (Lipinski definition) is 2. The third kappa shape index (κ3) is 2.40. The maximum Gasteiger partial charge on any atom is 0.309 e. The van der Waals surface area contributed by atoms with E-state index in [9.17, 15) is 4.79 Å². The van der Waals surface area contributed by atoms with Crippen LogP contribution in [0.15, 0.2) is 4.60 Å². The number of hydrogen-bond acceptors (Lipinski definition) is 2. The van der Waals surface area contributed by atoms with Crippen molar-refractivity contribution in [1.82, 2.24) is 9.97 Å². The summed E-state index contributed by atoms with van der Waals surface area (Å²) in [5.74, 6) is 0.594. The summed E-state index contributed by atoms with van der Waals surface area (Å²) in [5.41, 5.74) is 0.671. The van der Waals surface area contributed by atoms with E-state index < -0.39 is 5.97 Å². The first-order valence-corrected chi connectivity index (χ1v) is 5.92. The minimum absolute atomic E-state index is 0.000301. The number of aromatic amines is 1. The lowest BCUT2D eigenvalue weighted by Gasteiger charge is -2.03. The van der Waals surface area contributed by atoms with E-state index in [1.807, 2.05) is 0 Å². The van der Waals surface area contributed by atoms with Gasteiger partial charge in [0.2, 0.25) is 0 Å². The fourth-order valence-electron chi connectivity index (χ4n) is 2.07. The minimum Gasteiger partial charge on any atom is -0.481 e. The Morgan fingerprint density at radius 2 is 2.20 bits per heavy atom. The van der Waals surface area contributed by atoms with Crippen LogP contribution in [0.25, 0.3) is 0 Å². The highest BCUT2D eigenvalue weighted by Crippen LogP contribution is 2.33. The number of nitrogens with one attached hydrogen (secondary N) is 1. The number of halogens is 1. The second-order valence-corrected chi connectivity index (χ2v) is 4.69. The zero-order valence-corrected chi connectivity index (χ0v) is 9.88. The summed E-state index contributed by atoms with van der Waals surface area (Å²) < 4.78 is 0.645. The lowest BCUT2D eigenvalue weighted by molar-refractivity contribution is -0.136. The van der Waals surface area contributed by atoms with Crippen LogP contribution in [0.5, 0.6) is 0 Å². The van der Waals surface area contributed by atoms with Gasteiger partial charge in [-0.15, -0.1) is 0 Å². The zero-order chi connectivity index (χ0) is 10.8. The molecule has 0 atom stereocenters. The van der Waals surface area contributed by atoms with Gasteiger partial charge in [0.25, 0.3) is 0 Å². The van der Waals surface area contributed by atoms with Gasteiger partial charge >= 0.3 is 5.97 Å². The van der Waals surface area contributed by atoms with E-state index in [0.29, 0.717) is 16.2 Å². The highest BCUT2D eigenvalue weighted by Gasteiger charge is 2.21. The number of imidazole rings is 1. The van der Waals surface area contributed by atoms with Crippen LogP contribution in [0.1, 0.15) is 43.1 Å². The Balaban J connectivity index is 2.16. The van der Waals surface area contributed by atoms with Crippen LogP contribution in [0.4, 0.5) is 0 Å². The highest BCUT2D eigenvalue weighted by molar-refractivity contribution is 9.10. The van der Waals surface area contributed by atoms with E-state index in [1.54, 1.807) is 0 Å². The number of carboxylic acids is 1. The summed E-state index contributed by atoms with van der Waals surface area (Å²) in [5, 5.41) is 8.70. The van der Waals surface area contributed by atoms with Gasteiger partial charge in [-0.25, -0.2) is 4.98 Å². The summed E-state index contributed by atoms with van der Waals surface area (Å²) in [7, 11) is 0. The first-order chi connectivity index (χ1) is 7.16. The third-order valence-electron chi connectivity index (χ3n) is 2.82. The number of H-pyrrole nitrogens is 1. The lowest BCUT2D eigenvalue weighted by Crippen LogP contribution is -2.01. The van der Waals surface area contributed by atoms with Crippen molar-refractivity contribution in [3.05, 3.63) is 16.1 Å². The van der Waals surface area contributed by atoms with E-state index in [1.165, 1.54) is 12.8 Å². The summed E-state index contributed by atoms with van der Waals surface area (Å²) in [6.07, 6.45) is 4.81. The molecule has 1 aliphatic rings. The van der Waals surface area contributed by atoms with Crippen LogP contribution < -0.4 is 0 Å². The molecule has 1 aliphatic carbocycles. The predicted octanol–water partition coefficient (Wildman–Crippen LogP) is 2.46. The molecule has 2 rings (SSSR count). The molecular weight excluding hydrogens is 260 g/mol. The Labute approximate surface area is 96.2 Å². The number of rotatable bonds is 3. The van der Waals surface area contributed by atoms with Crippen molar-refractivity contribution >= 4 is 21.9 Å². The van der Waals surface area contributed by atoms with Crippen LogP contribution >= 0.6 is 15.9 Å². The molecule has 0 aliphatic heterocycles. The van der Waals surface area contributed by atoms with Crippen molar-refractivity contribution in [3.63, 3.8) is 0 Å². The second kappa shape index (κ2) is 4.35. The quantitative estimate of drug-likeness (QED) is 0.889. The topological polar surface area (TPSA) is 66.0 Å². The monoisotopic (exact) mass is 272 g/mol. The van der Waals surface area contributed by atoms with Gasteiger partial charge in [0.1, 0.15) is 10.4 Å². The van der Waals surface area contributed by atoms with Crippen molar-refractivity contribution < 1.29 is 9.90 Å². The molecule has 0 spiro atoms. The van der Waals surface area contributed by atoms with Crippen LogP contribution in [0, 0.1) is 0 Å². The number of aromatic nitrogens is 2. The van der Waals surface area contributed by atoms with Gasteiger partial charge in [-0.05, 0) is 28.8 Å². The number of carbonyl (C=O) groups is 1. The smallest absolute Gasteiger partial charge is 0.309 e. The van der Waals surface area contributed by atoms with Crippen molar-refractivity contribution in [2.75, 3.05) is 0 Å². The second-order valence-electron chi connectivity index (χ2n) is 3.94. The average Bonchev–Trinajstić information content (AvgIpc) is 2.75. The first-order valence-electron chi connectivity index (χ1n) is 5.13. The molecule has 1 aromatic rings. The summed E-state index contributed by atoms with van der Waals surface area (Å²) in [6.45, 7) is 0. The van der Waals surface area contributed by atoms with E-state index in [0.717, 1.165) is 18.7 Å². The van der Waals surface area contributed by atoms with Crippen molar-refractivity contribution in [3.8, 4) is 0 Å². The zero-order valence-electron chi connectivity index (χ0n) is 8.29. The van der Waals surface area contributed by atoms with Crippen LogP contribution in [0.2, 0.25) is 0 Å². The maximum atomic E-state index is 10.6. The summed E-state index contributed by atoms with van der Waals surface area (Å²) >= 11 is 3.29. The largest absolute Gasteiger partial charge is 0.481 e. The summed E-state index contributed by atoms with van der Waals surface area (Å²) in [4.78, 5) is 18.0. The maximum absolute atomic E-state index is 10.6. The van der Waals surface area contributed by atoms with Crippen molar-refractivity contribution in [2.45, 2.75) is 38.0 Å². The molecule has 0 aromatic carbocycles. The molecule has 0 radical (unpaired) electrons. The van der Waals surface area contributed by atoms with Crippen molar-refractivity contribution in [1.29, 1.82) is 0 Å². The molecule has 15 heavy (non-hydrogen) atoms. The Hall–Kier alpha value is -0.840. The van der Waals surface area contributed by atoms with E-state index >= 15 is 0 Å². The normalized spacial score (nSPS) is 17.1. The molecule has 1 fully saturated rings. The Bertz CT molecular complexity index is 369. The predicted molar refractivity (Wildman–Crippen MR) is 58.8 cm³/mol. The molecule has 5 heteroatoms. The van der Waals surface area contributed by atoms with Gasteiger partial charge < -0.3 is 10.1 Å². The molecular formula is C10H13BrN2O2. The fourth-order valence-corrected chi connectivity index (χ4v) is 2.50. The highest BCUT2D eigenvalue weighted by atomic mass is 79.9. The van der Waals surface area contributed by atoms with E-state index in [-0.39, 0.29) is 6.42 Å². The van der Waals surface area contributed by atoms with Gasteiger partial charge in [-0.2, -0.15) is 0 Å². The Kier molecular flexibility index (Phi) is 3.09. The Morgan fingerprint density at radius 3 is 2.80 bits per heavy atom. The van der Waals surface area contributed by atoms with Crippen molar-refractivity contribution in [2.24, 2.45) is 0 Å². The van der Waals surface area contributed by atoms with Gasteiger partial charge in [0.15, 0.2) is 0 Å².